The van der Waals surface area contributed by atoms with E-state index in [1.807, 2.05) is 28.6 Å². The minimum Gasteiger partial charge on any atom is -0.392 e. The summed E-state index contributed by atoms with van der Waals surface area (Å²) < 4.78 is 1.88. The van der Waals surface area contributed by atoms with Gasteiger partial charge in [-0.15, -0.1) is 0 Å². The first-order valence-electron chi connectivity index (χ1n) is 10.3. The second kappa shape index (κ2) is 8.88. The Hall–Kier alpha value is -2.18. The first-order chi connectivity index (χ1) is 13.4. The fourth-order valence-electron chi connectivity index (χ4n) is 4.02. The Balaban J connectivity index is 1.80. The van der Waals surface area contributed by atoms with Gasteiger partial charge in [0.25, 0.3) is 5.91 Å². The summed E-state index contributed by atoms with van der Waals surface area (Å²) in [6.07, 6.45) is 3.06. The largest absolute Gasteiger partial charge is 0.392 e. The van der Waals surface area contributed by atoms with Gasteiger partial charge in [-0.25, -0.2) is 4.68 Å². The van der Waals surface area contributed by atoms with Crippen LogP contribution in [0.5, 0.6) is 0 Å². The highest BCUT2D eigenvalue weighted by molar-refractivity contribution is 5.95. The fraction of sp³-hybridized carbons (Fsp3) is 0.545. The van der Waals surface area contributed by atoms with Crippen molar-refractivity contribution in [1.82, 2.24) is 19.6 Å². The van der Waals surface area contributed by atoms with Crippen molar-refractivity contribution in [3.8, 4) is 5.69 Å². The third-order valence-electron chi connectivity index (χ3n) is 5.57. The van der Waals surface area contributed by atoms with Gasteiger partial charge in [0.1, 0.15) is 0 Å². The van der Waals surface area contributed by atoms with Crippen LogP contribution in [-0.4, -0.2) is 68.9 Å². The highest BCUT2D eigenvalue weighted by Crippen LogP contribution is 2.21. The van der Waals surface area contributed by atoms with Gasteiger partial charge in [-0.05, 0) is 38.8 Å². The third-order valence-corrected chi connectivity index (χ3v) is 5.57. The predicted octanol–water partition coefficient (Wildman–Crippen LogP) is 2.66. The van der Waals surface area contributed by atoms with Crippen LogP contribution in [0.25, 0.3) is 5.69 Å². The van der Waals surface area contributed by atoms with Gasteiger partial charge in [-0.2, -0.15) is 5.10 Å². The molecule has 0 saturated carbocycles. The van der Waals surface area contributed by atoms with Crippen LogP contribution in [0.2, 0.25) is 0 Å². The van der Waals surface area contributed by atoms with E-state index >= 15 is 0 Å². The van der Waals surface area contributed by atoms with Crippen molar-refractivity contribution in [2.45, 2.75) is 52.7 Å². The zero-order valence-corrected chi connectivity index (χ0v) is 17.4. The Morgan fingerprint density at radius 2 is 1.96 bits per heavy atom. The van der Waals surface area contributed by atoms with E-state index in [4.69, 9.17) is 0 Å². The Kier molecular flexibility index (Phi) is 6.52. The number of aryl methyl sites for hydroxylation is 1. The molecule has 152 valence electrons. The van der Waals surface area contributed by atoms with Gasteiger partial charge < -0.3 is 10.0 Å². The number of piperazine rings is 1. The van der Waals surface area contributed by atoms with Gasteiger partial charge in [0, 0.05) is 32.2 Å². The molecule has 1 N–H and O–H groups in total. The Morgan fingerprint density at radius 3 is 2.57 bits per heavy atom. The van der Waals surface area contributed by atoms with E-state index < -0.39 is 0 Å². The molecule has 2 aromatic rings. The maximum absolute atomic E-state index is 13.3. The lowest BCUT2D eigenvalue weighted by molar-refractivity contribution is 0.0309. The van der Waals surface area contributed by atoms with Crippen molar-refractivity contribution >= 4 is 5.91 Å². The van der Waals surface area contributed by atoms with Gasteiger partial charge in [0.2, 0.25) is 0 Å². The molecule has 0 aliphatic carbocycles. The summed E-state index contributed by atoms with van der Waals surface area (Å²) >= 11 is 0. The molecular formula is C22H32N4O2. The average Bonchev–Trinajstić information content (AvgIpc) is 3.11. The summed E-state index contributed by atoms with van der Waals surface area (Å²) in [6.45, 7) is 10.9. The van der Waals surface area contributed by atoms with Crippen molar-refractivity contribution in [3.63, 3.8) is 0 Å². The number of carbonyl (C=O) groups is 1. The molecule has 1 aliphatic heterocycles. The topological polar surface area (TPSA) is 61.6 Å². The van der Waals surface area contributed by atoms with E-state index in [9.17, 15) is 9.90 Å². The monoisotopic (exact) mass is 384 g/mol. The Labute approximate surface area is 167 Å². The summed E-state index contributed by atoms with van der Waals surface area (Å²) in [4.78, 5) is 17.5. The SMILES string of the molecule is CCc1c(C(=O)N2CCN(C[C@@H](C)O)[C@@H](CC)C2)cnn1-c1ccc(C)cc1. The fourth-order valence-corrected chi connectivity index (χ4v) is 4.02. The smallest absolute Gasteiger partial charge is 0.257 e. The zero-order valence-electron chi connectivity index (χ0n) is 17.4. The lowest BCUT2D eigenvalue weighted by atomic mass is 10.1. The van der Waals surface area contributed by atoms with Gasteiger partial charge in [-0.3, -0.25) is 9.69 Å². The number of benzene rings is 1. The molecule has 28 heavy (non-hydrogen) atoms. The molecule has 1 aliphatic rings. The van der Waals surface area contributed by atoms with Gasteiger partial charge in [0.05, 0.1) is 29.2 Å². The summed E-state index contributed by atoms with van der Waals surface area (Å²) in [5, 5.41) is 14.3. The predicted molar refractivity (Wildman–Crippen MR) is 111 cm³/mol. The molecule has 1 amide bonds. The maximum atomic E-state index is 13.3. The standard InChI is InChI=1S/C22H32N4O2/c1-5-18-15-25(12-11-24(18)14-17(4)27)22(28)20-13-23-26(21(20)6-2)19-9-7-16(3)8-10-19/h7-10,13,17-18,27H,5-6,11-12,14-15H2,1-4H3/t17-,18+/m1/s1. The van der Waals surface area contributed by atoms with Crippen LogP contribution in [0.3, 0.4) is 0 Å². The van der Waals surface area contributed by atoms with Crippen LogP contribution in [0.15, 0.2) is 30.5 Å². The van der Waals surface area contributed by atoms with E-state index in [1.54, 1.807) is 6.20 Å². The number of aliphatic hydroxyl groups excluding tert-OH is 1. The molecular weight excluding hydrogens is 352 g/mol. The second-order valence-electron chi connectivity index (χ2n) is 7.76. The quantitative estimate of drug-likeness (QED) is 0.832. The molecule has 2 atom stereocenters. The average molecular weight is 385 g/mol. The number of rotatable bonds is 6. The maximum Gasteiger partial charge on any atom is 0.257 e. The molecule has 1 aromatic carbocycles. The normalized spacial score (nSPS) is 19.0. The molecule has 1 fully saturated rings. The number of carbonyl (C=O) groups excluding carboxylic acids is 1. The molecule has 0 bridgehead atoms. The van der Waals surface area contributed by atoms with Crippen molar-refractivity contribution in [2.24, 2.45) is 0 Å². The number of hydrogen-bond acceptors (Lipinski definition) is 4. The molecule has 0 unspecified atom stereocenters. The highest BCUT2D eigenvalue weighted by Gasteiger charge is 2.31. The summed E-state index contributed by atoms with van der Waals surface area (Å²) in [7, 11) is 0. The molecule has 6 nitrogen and oxygen atoms in total. The van der Waals surface area contributed by atoms with Crippen molar-refractivity contribution in [3.05, 3.63) is 47.3 Å². The van der Waals surface area contributed by atoms with Crippen LogP contribution in [0.4, 0.5) is 0 Å². The number of hydrogen-bond donors (Lipinski definition) is 1. The molecule has 0 spiro atoms. The highest BCUT2D eigenvalue weighted by atomic mass is 16.3. The molecule has 2 heterocycles. The van der Waals surface area contributed by atoms with E-state index in [1.165, 1.54) is 5.56 Å². The minimum atomic E-state index is -0.351. The third kappa shape index (κ3) is 4.28. The first-order valence-corrected chi connectivity index (χ1v) is 10.3. The molecule has 1 aromatic heterocycles. The van der Waals surface area contributed by atoms with Crippen LogP contribution in [-0.2, 0) is 6.42 Å². The minimum absolute atomic E-state index is 0.0605. The molecule has 6 heteroatoms. The van der Waals surface area contributed by atoms with E-state index in [0.29, 0.717) is 25.2 Å². The number of β-amino-alcohol motifs (C(OH)–C–C–N with tert-alkyl or cyclic N) is 1. The van der Waals surface area contributed by atoms with Crippen LogP contribution in [0, 0.1) is 6.92 Å². The van der Waals surface area contributed by atoms with Crippen molar-refractivity contribution in [1.29, 1.82) is 0 Å². The molecule has 0 radical (unpaired) electrons. The lowest BCUT2D eigenvalue weighted by Gasteiger charge is -2.41. The van der Waals surface area contributed by atoms with Crippen LogP contribution in [0.1, 0.15) is 48.8 Å². The Morgan fingerprint density at radius 1 is 1.25 bits per heavy atom. The summed E-state index contributed by atoms with van der Waals surface area (Å²) in [5.74, 6) is 0.0605. The number of nitrogens with zero attached hydrogens (tertiary/aromatic N) is 4. The van der Waals surface area contributed by atoms with Gasteiger partial charge >= 0.3 is 0 Å². The van der Waals surface area contributed by atoms with E-state index in [2.05, 4.69) is 42.9 Å². The molecule has 1 saturated heterocycles. The summed E-state index contributed by atoms with van der Waals surface area (Å²) in [5.41, 5.74) is 3.83. The van der Waals surface area contributed by atoms with Gasteiger partial charge in [0.15, 0.2) is 0 Å². The Bertz CT molecular complexity index is 797. The summed E-state index contributed by atoms with van der Waals surface area (Å²) in [6, 6.07) is 8.48. The van der Waals surface area contributed by atoms with E-state index in [0.717, 1.165) is 30.8 Å². The lowest BCUT2D eigenvalue weighted by Crippen LogP contribution is -2.55. The number of amides is 1. The first kappa shape index (κ1) is 20.6. The number of aliphatic hydroxyl groups is 1. The molecule has 3 rings (SSSR count). The van der Waals surface area contributed by atoms with Gasteiger partial charge in [-0.1, -0.05) is 31.5 Å². The number of aromatic nitrogens is 2. The second-order valence-corrected chi connectivity index (χ2v) is 7.76. The van der Waals surface area contributed by atoms with E-state index in [-0.39, 0.29) is 18.1 Å². The van der Waals surface area contributed by atoms with Crippen molar-refractivity contribution in [2.75, 3.05) is 26.2 Å². The zero-order chi connectivity index (χ0) is 20.3. The van der Waals surface area contributed by atoms with Crippen LogP contribution >= 0.6 is 0 Å². The van der Waals surface area contributed by atoms with Crippen molar-refractivity contribution < 1.29 is 9.90 Å². The van der Waals surface area contributed by atoms with Crippen LogP contribution < -0.4 is 0 Å².